The Balaban J connectivity index is 2.30. The van der Waals surface area contributed by atoms with Crippen molar-refractivity contribution < 1.29 is 4.79 Å². The minimum Gasteiger partial charge on any atom is -0.324 e. The first kappa shape index (κ1) is 13.5. The summed E-state index contributed by atoms with van der Waals surface area (Å²) >= 11 is 0. The molecule has 2 rings (SSSR count). The van der Waals surface area contributed by atoms with Gasteiger partial charge in [0.2, 0.25) is 5.91 Å². The predicted molar refractivity (Wildman–Crippen MR) is 79.2 cm³/mol. The maximum absolute atomic E-state index is 12.0. The molecule has 0 bridgehead atoms. The summed E-state index contributed by atoms with van der Waals surface area (Å²) in [5.41, 5.74) is 2.57. The van der Waals surface area contributed by atoms with Crippen LogP contribution in [0, 0.1) is 12.3 Å². The lowest BCUT2D eigenvalue weighted by Crippen LogP contribution is -2.19. The van der Waals surface area contributed by atoms with E-state index >= 15 is 0 Å². The van der Waals surface area contributed by atoms with Crippen LogP contribution in [0.3, 0.4) is 0 Å². The molecule has 19 heavy (non-hydrogen) atoms. The summed E-state index contributed by atoms with van der Waals surface area (Å²) in [5, 5.41) is 4.01. The topological polar surface area (TPSA) is 42.0 Å². The Morgan fingerprint density at radius 1 is 1.21 bits per heavy atom. The number of nitrogens with one attached hydrogen (secondary N) is 1. The van der Waals surface area contributed by atoms with E-state index in [1.807, 2.05) is 37.3 Å². The quantitative estimate of drug-likeness (QED) is 0.885. The second-order valence-electron chi connectivity index (χ2n) is 6.12. The standard InChI is InChI=1S/C16H20N2O/c1-11-8-9-12-6-5-7-13(15(12)17-11)18-14(19)10-16(2,3)4/h5-9H,10H2,1-4H3,(H,18,19). The maximum Gasteiger partial charge on any atom is 0.224 e. The van der Waals surface area contributed by atoms with Gasteiger partial charge in [-0.15, -0.1) is 0 Å². The molecule has 3 heteroatoms. The van der Waals surface area contributed by atoms with Crippen molar-refractivity contribution >= 4 is 22.5 Å². The number of aromatic nitrogens is 1. The molecule has 1 aromatic heterocycles. The van der Waals surface area contributed by atoms with Gasteiger partial charge in [0.05, 0.1) is 11.2 Å². The number of amides is 1. The molecule has 0 aliphatic carbocycles. The van der Waals surface area contributed by atoms with Crippen LogP contribution in [-0.2, 0) is 4.79 Å². The molecule has 2 aromatic rings. The number of hydrogen-bond acceptors (Lipinski definition) is 2. The van der Waals surface area contributed by atoms with Gasteiger partial charge in [-0.1, -0.05) is 39.0 Å². The van der Waals surface area contributed by atoms with E-state index in [0.29, 0.717) is 6.42 Å². The van der Waals surface area contributed by atoms with Crippen molar-refractivity contribution in [3.8, 4) is 0 Å². The largest absolute Gasteiger partial charge is 0.324 e. The summed E-state index contributed by atoms with van der Waals surface area (Å²) in [5.74, 6) is 0.0308. The van der Waals surface area contributed by atoms with Crippen molar-refractivity contribution in [1.29, 1.82) is 0 Å². The molecule has 1 heterocycles. The Morgan fingerprint density at radius 3 is 2.63 bits per heavy atom. The molecule has 0 saturated carbocycles. The van der Waals surface area contributed by atoms with Crippen molar-refractivity contribution in [2.45, 2.75) is 34.1 Å². The molecule has 0 radical (unpaired) electrons. The summed E-state index contributed by atoms with van der Waals surface area (Å²) in [6.07, 6.45) is 0.495. The van der Waals surface area contributed by atoms with E-state index in [9.17, 15) is 4.79 Å². The third kappa shape index (κ3) is 3.53. The van der Waals surface area contributed by atoms with Gasteiger partial charge in [0.1, 0.15) is 0 Å². The Labute approximate surface area is 114 Å². The molecule has 0 saturated heterocycles. The minimum absolute atomic E-state index is 0.0159. The van der Waals surface area contributed by atoms with Crippen molar-refractivity contribution in [2.75, 3.05) is 5.32 Å². The molecule has 0 spiro atoms. The van der Waals surface area contributed by atoms with Crippen LogP contribution in [0.15, 0.2) is 30.3 Å². The van der Waals surface area contributed by atoms with Crippen molar-refractivity contribution in [2.24, 2.45) is 5.41 Å². The van der Waals surface area contributed by atoms with Gasteiger partial charge < -0.3 is 5.32 Å². The number of fused-ring (bicyclic) bond motifs is 1. The first-order valence-electron chi connectivity index (χ1n) is 6.51. The van der Waals surface area contributed by atoms with Crippen molar-refractivity contribution in [1.82, 2.24) is 4.98 Å². The summed E-state index contributed by atoms with van der Waals surface area (Å²) in [6, 6.07) is 9.84. The molecule has 100 valence electrons. The van der Waals surface area contributed by atoms with Crippen LogP contribution < -0.4 is 5.32 Å². The zero-order valence-electron chi connectivity index (χ0n) is 11.9. The fourth-order valence-corrected chi connectivity index (χ4v) is 2.02. The average Bonchev–Trinajstić information content (AvgIpc) is 2.27. The number of anilines is 1. The van der Waals surface area contributed by atoms with E-state index < -0.39 is 0 Å². The summed E-state index contributed by atoms with van der Waals surface area (Å²) < 4.78 is 0. The third-order valence-corrected chi connectivity index (χ3v) is 2.82. The monoisotopic (exact) mass is 256 g/mol. The van der Waals surface area contributed by atoms with Gasteiger partial charge in [-0.05, 0) is 24.5 Å². The smallest absolute Gasteiger partial charge is 0.224 e. The van der Waals surface area contributed by atoms with Gasteiger partial charge >= 0.3 is 0 Å². The zero-order chi connectivity index (χ0) is 14.0. The van der Waals surface area contributed by atoms with E-state index in [0.717, 1.165) is 22.3 Å². The normalized spacial score (nSPS) is 11.6. The number of benzene rings is 1. The van der Waals surface area contributed by atoms with Gasteiger partial charge in [0.25, 0.3) is 0 Å². The number of carbonyl (C=O) groups is 1. The van der Waals surface area contributed by atoms with Gasteiger partial charge in [0.15, 0.2) is 0 Å². The van der Waals surface area contributed by atoms with Crippen LogP contribution in [0.2, 0.25) is 0 Å². The second-order valence-corrected chi connectivity index (χ2v) is 6.12. The van der Waals surface area contributed by atoms with E-state index in [2.05, 4.69) is 31.1 Å². The maximum atomic E-state index is 12.0. The van der Waals surface area contributed by atoms with Crippen molar-refractivity contribution in [3.63, 3.8) is 0 Å². The first-order valence-corrected chi connectivity index (χ1v) is 6.51. The molecule has 0 aliphatic heterocycles. The van der Waals surface area contributed by atoms with E-state index in [1.165, 1.54) is 0 Å². The van der Waals surface area contributed by atoms with Crippen LogP contribution >= 0.6 is 0 Å². The Morgan fingerprint density at radius 2 is 1.95 bits per heavy atom. The summed E-state index contributed by atoms with van der Waals surface area (Å²) in [6.45, 7) is 8.11. The van der Waals surface area contributed by atoms with E-state index in [4.69, 9.17) is 0 Å². The molecule has 3 nitrogen and oxygen atoms in total. The number of para-hydroxylation sites is 1. The second kappa shape index (κ2) is 5.00. The van der Waals surface area contributed by atoms with Gasteiger partial charge in [-0.2, -0.15) is 0 Å². The first-order chi connectivity index (χ1) is 8.85. The highest BCUT2D eigenvalue weighted by molar-refractivity contribution is 6.00. The SMILES string of the molecule is Cc1ccc2cccc(NC(=O)CC(C)(C)C)c2n1. The average molecular weight is 256 g/mol. The summed E-state index contributed by atoms with van der Waals surface area (Å²) in [4.78, 5) is 16.5. The lowest BCUT2D eigenvalue weighted by atomic mass is 9.92. The molecule has 0 unspecified atom stereocenters. The van der Waals surface area contributed by atoms with Crippen LogP contribution in [-0.4, -0.2) is 10.9 Å². The minimum atomic E-state index is -0.0159. The Bertz CT molecular complexity index is 612. The number of hydrogen-bond donors (Lipinski definition) is 1. The van der Waals surface area contributed by atoms with Crippen LogP contribution in [0.1, 0.15) is 32.9 Å². The molecule has 1 N–H and O–H groups in total. The number of nitrogens with zero attached hydrogens (tertiary/aromatic N) is 1. The van der Waals surface area contributed by atoms with Crippen LogP contribution in [0.5, 0.6) is 0 Å². The van der Waals surface area contributed by atoms with Gasteiger partial charge in [-0.3, -0.25) is 9.78 Å². The van der Waals surface area contributed by atoms with E-state index in [1.54, 1.807) is 0 Å². The molecule has 0 fully saturated rings. The van der Waals surface area contributed by atoms with Crippen LogP contribution in [0.4, 0.5) is 5.69 Å². The van der Waals surface area contributed by atoms with E-state index in [-0.39, 0.29) is 11.3 Å². The molecule has 0 aliphatic rings. The Kier molecular flexibility index (Phi) is 3.56. The molecular formula is C16H20N2O. The number of pyridine rings is 1. The summed E-state index contributed by atoms with van der Waals surface area (Å²) in [7, 11) is 0. The lowest BCUT2D eigenvalue weighted by Gasteiger charge is -2.17. The highest BCUT2D eigenvalue weighted by atomic mass is 16.1. The molecule has 1 aromatic carbocycles. The zero-order valence-corrected chi connectivity index (χ0v) is 11.9. The fraction of sp³-hybridized carbons (Fsp3) is 0.375. The van der Waals surface area contributed by atoms with Crippen molar-refractivity contribution in [3.05, 3.63) is 36.0 Å². The fourth-order valence-electron chi connectivity index (χ4n) is 2.02. The highest BCUT2D eigenvalue weighted by Crippen LogP contribution is 2.24. The Hall–Kier alpha value is -1.90. The molecule has 1 amide bonds. The number of carbonyl (C=O) groups excluding carboxylic acids is 1. The van der Waals surface area contributed by atoms with Gasteiger partial charge in [0, 0.05) is 17.5 Å². The molecular weight excluding hydrogens is 236 g/mol. The third-order valence-electron chi connectivity index (χ3n) is 2.82. The predicted octanol–water partition coefficient (Wildman–Crippen LogP) is 3.92. The van der Waals surface area contributed by atoms with Gasteiger partial charge in [-0.25, -0.2) is 0 Å². The lowest BCUT2D eigenvalue weighted by molar-refractivity contribution is -0.117. The highest BCUT2D eigenvalue weighted by Gasteiger charge is 2.16. The number of rotatable bonds is 2. The van der Waals surface area contributed by atoms with Crippen LogP contribution in [0.25, 0.3) is 10.9 Å². The molecule has 0 atom stereocenters. The number of aryl methyl sites for hydroxylation is 1.